The summed E-state index contributed by atoms with van der Waals surface area (Å²) in [6, 6.07) is 8.49. The van der Waals surface area contributed by atoms with E-state index >= 15 is 0 Å². The van der Waals surface area contributed by atoms with Crippen LogP contribution in [0.2, 0.25) is 0 Å². The molecule has 2 amide bonds. The number of aromatic nitrogens is 1. The molecule has 0 aliphatic carbocycles. The Morgan fingerprint density at radius 3 is 2.61 bits per heavy atom. The number of aryl methyl sites for hydroxylation is 1. The molecule has 0 unspecified atom stereocenters. The van der Waals surface area contributed by atoms with Crippen LogP contribution in [0.25, 0.3) is 10.2 Å². The van der Waals surface area contributed by atoms with Gasteiger partial charge in [0.1, 0.15) is 5.75 Å². The number of anilines is 2. The van der Waals surface area contributed by atoms with Crippen molar-refractivity contribution in [3.63, 3.8) is 0 Å². The van der Waals surface area contributed by atoms with Crippen LogP contribution in [0, 0.1) is 6.92 Å². The molecule has 0 aliphatic rings. The van der Waals surface area contributed by atoms with Gasteiger partial charge in [-0.2, -0.15) is 0 Å². The number of alkyl halides is 3. The summed E-state index contributed by atoms with van der Waals surface area (Å²) in [4.78, 5) is 29.3. The summed E-state index contributed by atoms with van der Waals surface area (Å²) in [7, 11) is 0. The highest BCUT2D eigenvalue weighted by Gasteiger charge is 2.31. The fraction of sp³-hybridized carbons (Fsp3) is 0.105. The van der Waals surface area contributed by atoms with Gasteiger partial charge in [-0.05, 0) is 42.8 Å². The van der Waals surface area contributed by atoms with Crippen LogP contribution in [0.4, 0.5) is 23.3 Å². The van der Waals surface area contributed by atoms with Gasteiger partial charge in [-0.1, -0.05) is 11.3 Å². The standard InChI is InChI=1S/C19H12F3N3O4S2/c1-9-7-14(24-16(26)12-3-2-6-28-12)31-15(9)17(27)25-18-23-11-5-4-10(8-13(11)30-18)29-19(20,21)22/h2-8H,1H3,(H,24,26)(H,23,25,27). The van der Waals surface area contributed by atoms with Crippen molar-refractivity contribution >= 4 is 54.8 Å². The average molecular weight is 467 g/mol. The first-order chi connectivity index (χ1) is 14.7. The Hall–Kier alpha value is -3.38. The minimum Gasteiger partial charge on any atom is -0.459 e. The number of ether oxygens (including phenoxy) is 1. The fourth-order valence-electron chi connectivity index (χ4n) is 2.66. The van der Waals surface area contributed by atoms with Crippen molar-refractivity contribution in [2.45, 2.75) is 13.3 Å². The molecule has 7 nitrogen and oxygen atoms in total. The van der Waals surface area contributed by atoms with E-state index in [4.69, 9.17) is 4.42 Å². The van der Waals surface area contributed by atoms with Gasteiger partial charge in [0, 0.05) is 6.07 Å². The number of rotatable bonds is 5. The zero-order valence-corrected chi connectivity index (χ0v) is 17.2. The molecule has 0 radical (unpaired) electrons. The van der Waals surface area contributed by atoms with Gasteiger partial charge in [0.15, 0.2) is 10.9 Å². The molecule has 0 saturated heterocycles. The van der Waals surface area contributed by atoms with Crippen LogP contribution >= 0.6 is 22.7 Å². The van der Waals surface area contributed by atoms with Gasteiger partial charge in [-0.15, -0.1) is 24.5 Å². The first kappa shape index (κ1) is 20.9. The number of nitrogens with zero attached hydrogens (tertiary/aromatic N) is 1. The van der Waals surface area contributed by atoms with E-state index < -0.39 is 18.2 Å². The van der Waals surface area contributed by atoms with Crippen LogP contribution in [0.5, 0.6) is 5.75 Å². The Bertz CT molecular complexity index is 1260. The maximum atomic E-state index is 12.7. The lowest BCUT2D eigenvalue weighted by Gasteiger charge is -2.07. The van der Waals surface area contributed by atoms with Gasteiger partial charge >= 0.3 is 6.36 Å². The van der Waals surface area contributed by atoms with E-state index in [1.54, 1.807) is 19.1 Å². The predicted molar refractivity (Wildman–Crippen MR) is 110 cm³/mol. The molecular formula is C19H12F3N3O4S2. The number of halogens is 3. The van der Waals surface area contributed by atoms with E-state index in [-0.39, 0.29) is 16.6 Å². The monoisotopic (exact) mass is 467 g/mol. The number of hydrogen-bond acceptors (Lipinski definition) is 7. The summed E-state index contributed by atoms with van der Waals surface area (Å²) in [5, 5.41) is 5.97. The first-order valence-electron chi connectivity index (χ1n) is 8.61. The smallest absolute Gasteiger partial charge is 0.459 e. The Balaban J connectivity index is 1.48. The van der Waals surface area contributed by atoms with Crippen LogP contribution in [0.1, 0.15) is 25.8 Å². The summed E-state index contributed by atoms with van der Waals surface area (Å²) in [5.41, 5.74) is 1.06. The van der Waals surface area contributed by atoms with Gasteiger partial charge in [-0.3, -0.25) is 14.9 Å². The summed E-state index contributed by atoms with van der Waals surface area (Å²) in [5.74, 6) is -1.12. The van der Waals surface area contributed by atoms with Gasteiger partial charge in [0.2, 0.25) is 0 Å². The van der Waals surface area contributed by atoms with Gasteiger partial charge in [0.25, 0.3) is 11.8 Å². The largest absolute Gasteiger partial charge is 0.573 e. The number of carbonyl (C=O) groups is 2. The molecule has 160 valence electrons. The van der Waals surface area contributed by atoms with Crippen molar-refractivity contribution < 1.29 is 31.9 Å². The number of carbonyl (C=O) groups excluding carboxylic acids is 2. The van der Waals surface area contributed by atoms with E-state index in [2.05, 4.69) is 20.4 Å². The zero-order chi connectivity index (χ0) is 22.2. The molecule has 1 aromatic carbocycles. The number of nitrogens with one attached hydrogen (secondary N) is 2. The van der Waals surface area contributed by atoms with Crippen molar-refractivity contribution in [2.24, 2.45) is 0 Å². The second kappa shape index (κ2) is 8.04. The lowest BCUT2D eigenvalue weighted by atomic mass is 10.3. The fourth-order valence-corrected chi connectivity index (χ4v) is 4.51. The first-order valence-corrected chi connectivity index (χ1v) is 10.2. The second-order valence-electron chi connectivity index (χ2n) is 6.20. The molecule has 3 aromatic heterocycles. The van der Waals surface area contributed by atoms with E-state index in [1.165, 1.54) is 24.5 Å². The van der Waals surface area contributed by atoms with Gasteiger partial charge in [0.05, 0.1) is 26.4 Å². The molecule has 0 spiro atoms. The number of thiazole rings is 1. The molecule has 2 N–H and O–H groups in total. The zero-order valence-electron chi connectivity index (χ0n) is 15.6. The van der Waals surface area contributed by atoms with E-state index in [9.17, 15) is 22.8 Å². The summed E-state index contributed by atoms with van der Waals surface area (Å²) in [6.07, 6.45) is -3.42. The van der Waals surface area contributed by atoms with Gasteiger partial charge < -0.3 is 14.5 Å². The molecule has 31 heavy (non-hydrogen) atoms. The van der Waals surface area contributed by atoms with Crippen LogP contribution in [0.15, 0.2) is 47.1 Å². The maximum absolute atomic E-state index is 12.7. The summed E-state index contributed by atoms with van der Waals surface area (Å²) >= 11 is 2.09. The summed E-state index contributed by atoms with van der Waals surface area (Å²) < 4.78 is 46.5. The van der Waals surface area contributed by atoms with Crippen molar-refractivity contribution in [1.82, 2.24) is 4.98 Å². The molecule has 4 rings (SSSR count). The third-order valence-corrected chi connectivity index (χ3v) is 6.00. The molecule has 0 atom stereocenters. The highest BCUT2D eigenvalue weighted by Crippen LogP contribution is 2.33. The molecule has 3 heterocycles. The van der Waals surface area contributed by atoms with Crippen LogP contribution in [-0.2, 0) is 0 Å². The normalized spacial score (nSPS) is 11.5. The average Bonchev–Trinajstić information content (AvgIpc) is 3.39. The van der Waals surface area contributed by atoms with Crippen LogP contribution in [0.3, 0.4) is 0 Å². The maximum Gasteiger partial charge on any atom is 0.573 e. The second-order valence-corrected chi connectivity index (χ2v) is 8.29. The third-order valence-electron chi connectivity index (χ3n) is 3.92. The van der Waals surface area contributed by atoms with Crippen molar-refractivity contribution in [2.75, 3.05) is 10.6 Å². The quantitative estimate of drug-likeness (QED) is 0.395. The Kier molecular flexibility index (Phi) is 5.41. The highest BCUT2D eigenvalue weighted by molar-refractivity contribution is 7.22. The molecular weight excluding hydrogens is 455 g/mol. The third kappa shape index (κ3) is 4.86. The molecule has 0 aliphatic heterocycles. The number of fused-ring (bicyclic) bond motifs is 1. The number of hydrogen-bond donors (Lipinski definition) is 2. The lowest BCUT2D eigenvalue weighted by molar-refractivity contribution is -0.274. The Morgan fingerprint density at radius 1 is 1.10 bits per heavy atom. The Labute approximate surface area is 180 Å². The molecule has 4 aromatic rings. The van der Waals surface area contributed by atoms with Crippen molar-refractivity contribution in [3.8, 4) is 5.75 Å². The number of amides is 2. The molecule has 0 saturated carbocycles. The SMILES string of the molecule is Cc1cc(NC(=O)c2ccco2)sc1C(=O)Nc1nc2ccc(OC(F)(F)F)cc2s1. The van der Waals surface area contributed by atoms with Crippen molar-refractivity contribution in [1.29, 1.82) is 0 Å². The van der Waals surface area contributed by atoms with E-state index in [1.807, 2.05) is 0 Å². The Morgan fingerprint density at radius 2 is 1.90 bits per heavy atom. The topological polar surface area (TPSA) is 93.5 Å². The summed E-state index contributed by atoms with van der Waals surface area (Å²) in [6.45, 7) is 1.72. The molecule has 12 heteroatoms. The number of benzene rings is 1. The van der Waals surface area contributed by atoms with Crippen molar-refractivity contribution in [3.05, 3.63) is 58.9 Å². The number of furan rings is 1. The van der Waals surface area contributed by atoms with Crippen LogP contribution < -0.4 is 15.4 Å². The minimum absolute atomic E-state index is 0.139. The van der Waals surface area contributed by atoms with E-state index in [0.29, 0.717) is 25.7 Å². The predicted octanol–water partition coefficient (Wildman–Crippen LogP) is 5.66. The highest BCUT2D eigenvalue weighted by atomic mass is 32.1. The molecule has 0 fully saturated rings. The minimum atomic E-state index is -4.80. The number of thiophene rings is 1. The van der Waals surface area contributed by atoms with Crippen LogP contribution in [-0.4, -0.2) is 23.2 Å². The van der Waals surface area contributed by atoms with E-state index in [0.717, 1.165) is 28.7 Å². The van der Waals surface area contributed by atoms with Gasteiger partial charge in [-0.25, -0.2) is 4.98 Å². The molecule has 0 bridgehead atoms. The lowest BCUT2D eigenvalue weighted by Crippen LogP contribution is -2.16.